The van der Waals surface area contributed by atoms with Gasteiger partial charge in [0.15, 0.2) is 6.61 Å². The quantitative estimate of drug-likeness (QED) is 0.699. The van der Waals surface area contributed by atoms with Crippen LogP contribution in [-0.2, 0) is 25.5 Å². The number of carbonyl (C=O) groups excluding carboxylic acids is 3. The van der Waals surface area contributed by atoms with Gasteiger partial charge in [-0.2, -0.15) is 0 Å². The van der Waals surface area contributed by atoms with Crippen LogP contribution in [0.15, 0.2) is 24.3 Å². The molecule has 2 amide bonds. The molecule has 1 aliphatic rings. The first-order chi connectivity index (χ1) is 11.1. The summed E-state index contributed by atoms with van der Waals surface area (Å²) in [6.07, 6.45) is 1.33. The zero-order valence-electron chi connectivity index (χ0n) is 13.0. The number of hydrogen-bond donors (Lipinski definition) is 2. The molecule has 0 spiro atoms. The first-order valence-corrected chi connectivity index (χ1v) is 7.44. The van der Waals surface area contributed by atoms with Gasteiger partial charge in [0.05, 0.1) is 7.11 Å². The van der Waals surface area contributed by atoms with E-state index in [1.54, 1.807) is 7.11 Å². The molecule has 0 radical (unpaired) electrons. The summed E-state index contributed by atoms with van der Waals surface area (Å²) in [6, 6.07) is 6.92. The molecule has 1 fully saturated rings. The number of carbonyl (C=O) groups is 3. The van der Waals surface area contributed by atoms with Crippen molar-refractivity contribution in [1.82, 2.24) is 10.6 Å². The van der Waals surface area contributed by atoms with Crippen LogP contribution in [0.4, 0.5) is 0 Å². The molecule has 7 heteroatoms. The largest absolute Gasteiger partial charge is 0.496 e. The van der Waals surface area contributed by atoms with E-state index in [1.165, 1.54) is 0 Å². The number of rotatable bonds is 7. The minimum absolute atomic E-state index is 0.173. The van der Waals surface area contributed by atoms with Gasteiger partial charge in [0.2, 0.25) is 5.91 Å². The molecule has 2 rings (SSSR count). The maximum Gasteiger partial charge on any atom is 0.329 e. The monoisotopic (exact) mass is 320 g/mol. The minimum atomic E-state index is -0.635. The first kappa shape index (κ1) is 16.8. The Morgan fingerprint density at radius 2 is 2.13 bits per heavy atom. The zero-order valence-corrected chi connectivity index (χ0v) is 13.0. The molecular weight excluding hydrogens is 300 g/mol. The second-order valence-corrected chi connectivity index (χ2v) is 5.18. The van der Waals surface area contributed by atoms with Crippen molar-refractivity contribution >= 4 is 17.8 Å². The van der Waals surface area contributed by atoms with Gasteiger partial charge < -0.3 is 20.1 Å². The van der Waals surface area contributed by atoms with Crippen molar-refractivity contribution in [3.63, 3.8) is 0 Å². The lowest BCUT2D eigenvalue weighted by atomic mass is 10.1. The number of ether oxygens (including phenoxy) is 2. The molecule has 0 unspecified atom stereocenters. The van der Waals surface area contributed by atoms with E-state index in [2.05, 4.69) is 10.6 Å². The predicted octanol–water partition coefficient (Wildman–Crippen LogP) is 0.176. The molecule has 2 N–H and O–H groups in total. The number of esters is 1. The third kappa shape index (κ3) is 4.98. The lowest BCUT2D eigenvalue weighted by Crippen LogP contribution is -2.37. The van der Waals surface area contributed by atoms with Crippen molar-refractivity contribution in [2.45, 2.75) is 25.3 Å². The van der Waals surface area contributed by atoms with Gasteiger partial charge in [0.1, 0.15) is 11.8 Å². The van der Waals surface area contributed by atoms with Crippen LogP contribution in [0.2, 0.25) is 0 Å². The molecule has 0 aromatic heterocycles. The Labute approximate surface area is 134 Å². The fraction of sp³-hybridized carbons (Fsp3) is 0.438. The van der Waals surface area contributed by atoms with E-state index < -0.39 is 12.0 Å². The SMILES string of the molecule is COc1ccccc1CCNC(=O)COC(=O)[C@@H]1CCC(=O)N1. The normalized spacial score (nSPS) is 16.6. The van der Waals surface area contributed by atoms with Gasteiger partial charge in [-0.3, -0.25) is 9.59 Å². The number of nitrogens with one attached hydrogen (secondary N) is 2. The summed E-state index contributed by atoms with van der Waals surface area (Å²) in [7, 11) is 1.60. The van der Waals surface area contributed by atoms with E-state index in [4.69, 9.17) is 9.47 Å². The number of amides is 2. The second kappa shape index (κ2) is 8.17. The topological polar surface area (TPSA) is 93.7 Å². The lowest BCUT2D eigenvalue weighted by Gasteiger charge is -2.11. The van der Waals surface area contributed by atoms with Crippen LogP contribution >= 0.6 is 0 Å². The van der Waals surface area contributed by atoms with E-state index in [-0.39, 0.29) is 18.4 Å². The van der Waals surface area contributed by atoms with Gasteiger partial charge in [-0.15, -0.1) is 0 Å². The van der Waals surface area contributed by atoms with Crippen LogP contribution in [-0.4, -0.2) is 44.1 Å². The minimum Gasteiger partial charge on any atom is -0.496 e. The Hall–Kier alpha value is -2.57. The fourth-order valence-electron chi connectivity index (χ4n) is 2.33. The van der Waals surface area contributed by atoms with Crippen molar-refractivity contribution in [2.24, 2.45) is 0 Å². The second-order valence-electron chi connectivity index (χ2n) is 5.18. The standard InChI is InChI=1S/C16H20N2O5/c1-22-13-5-3-2-4-11(13)8-9-17-15(20)10-23-16(21)12-6-7-14(19)18-12/h2-5,12H,6-10H2,1H3,(H,17,20)(H,18,19)/t12-/m0/s1. The Kier molecular flexibility index (Phi) is 5.96. The summed E-state index contributed by atoms with van der Waals surface area (Å²) < 4.78 is 10.1. The van der Waals surface area contributed by atoms with Crippen molar-refractivity contribution in [1.29, 1.82) is 0 Å². The highest BCUT2D eigenvalue weighted by Gasteiger charge is 2.28. The number of methoxy groups -OCH3 is 1. The summed E-state index contributed by atoms with van der Waals surface area (Å²) in [4.78, 5) is 34.3. The summed E-state index contributed by atoms with van der Waals surface area (Å²) >= 11 is 0. The molecule has 23 heavy (non-hydrogen) atoms. The van der Waals surface area contributed by atoms with Gasteiger partial charge in [-0.05, 0) is 24.5 Å². The van der Waals surface area contributed by atoms with Gasteiger partial charge in [-0.1, -0.05) is 18.2 Å². The summed E-state index contributed by atoms with van der Waals surface area (Å²) in [5, 5.41) is 5.17. The molecule has 0 aliphatic carbocycles. The number of benzene rings is 1. The Morgan fingerprint density at radius 3 is 2.83 bits per heavy atom. The highest BCUT2D eigenvalue weighted by atomic mass is 16.5. The molecule has 1 atom stereocenters. The molecule has 1 aromatic rings. The molecule has 1 aromatic carbocycles. The molecule has 0 bridgehead atoms. The maximum atomic E-state index is 11.7. The molecule has 7 nitrogen and oxygen atoms in total. The van der Waals surface area contributed by atoms with Crippen LogP contribution in [0.3, 0.4) is 0 Å². The zero-order chi connectivity index (χ0) is 16.7. The maximum absolute atomic E-state index is 11.7. The molecule has 0 saturated carbocycles. The third-order valence-corrected chi connectivity index (χ3v) is 3.53. The van der Waals surface area contributed by atoms with Crippen molar-refractivity contribution in [2.75, 3.05) is 20.3 Å². The number of para-hydroxylation sites is 1. The van der Waals surface area contributed by atoms with Gasteiger partial charge in [0.25, 0.3) is 5.91 Å². The van der Waals surface area contributed by atoms with E-state index in [0.717, 1.165) is 11.3 Å². The van der Waals surface area contributed by atoms with E-state index in [9.17, 15) is 14.4 Å². The van der Waals surface area contributed by atoms with Crippen LogP contribution in [0.1, 0.15) is 18.4 Å². The molecular formula is C16H20N2O5. The van der Waals surface area contributed by atoms with E-state index in [1.807, 2.05) is 24.3 Å². The van der Waals surface area contributed by atoms with Crippen LogP contribution in [0.25, 0.3) is 0 Å². The van der Waals surface area contributed by atoms with E-state index >= 15 is 0 Å². The smallest absolute Gasteiger partial charge is 0.329 e. The average Bonchev–Trinajstić information content (AvgIpc) is 2.99. The molecule has 1 saturated heterocycles. The van der Waals surface area contributed by atoms with Crippen LogP contribution in [0.5, 0.6) is 5.75 Å². The van der Waals surface area contributed by atoms with Crippen LogP contribution < -0.4 is 15.4 Å². The fourth-order valence-corrected chi connectivity index (χ4v) is 2.33. The summed E-state index contributed by atoms with van der Waals surface area (Å²) in [5.74, 6) is -0.355. The van der Waals surface area contributed by atoms with Crippen molar-refractivity contribution < 1.29 is 23.9 Å². The lowest BCUT2D eigenvalue weighted by molar-refractivity contribution is -0.150. The highest BCUT2D eigenvalue weighted by molar-refractivity contribution is 5.89. The first-order valence-electron chi connectivity index (χ1n) is 7.44. The predicted molar refractivity (Wildman–Crippen MR) is 81.8 cm³/mol. The van der Waals surface area contributed by atoms with Crippen molar-refractivity contribution in [3.8, 4) is 5.75 Å². The molecule has 124 valence electrons. The molecule has 1 heterocycles. The van der Waals surface area contributed by atoms with Crippen molar-refractivity contribution in [3.05, 3.63) is 29.8 Å². The average molecular weight is 320 g/mol. The highest BCUT2D eigenvalue weighted by Crippen LogP contribution is 2.17. The Morgan fingerprint density at radius 1 is 1.35 bits per heavy atom. The summed E-state index contributed by atoms with van der Waals surface area (Å²) in [6.45, 7) is 0.0635. The van der Waals surface area contributed by atoms with Gasteiger partial charge >= 0.3 is 5.97 Å². The Balaban J connectivity index is 1.67. The Bertz CT molecular complexity index is 588. The summed E-state index contributed by atoms with van der Waals surface area (Å²) in [5.41, 5.74) is 0.987. The number of hydrogen-bond acceptors (Lipinski definition) is 5. The van der Waals surface area contributed by atoms with E-state index in [0.29, 0.717) is 25.8 Å². The molecule has 1 aliphatic heterocycles. The van der Waals surface area contributed by atoms with Crippen LogP contribution in [0, 0.1) is 0 Å². The third-order valence-electron chi connectivity index (χ3n) is 3.53. The van der Waals surface area contributed by atoms with Gasteiger partial charge in [0, 0.05) is 13.0 Å². The van der Waals surface area contributed by atoms with Gasteiger partial charge in [-0.25, -0.2) is 4.79 Å².